The van der Waals surface area contributed by atoms with Gasteiger partial charge in [0.15, 0.2) is 0 Å². The molecule has 4 heteroatoms. The summed E-state index contributed by atoms with van der Waals surface area (Å²) < 4.78 is 0. The third-order valence-corrected chi connectivity index (χ3v) is 5.49. The van der Waals surface area contributed by atoms with E-state index in [9.17, 15) is 0 Å². The zero-order valence-electron chi connectivity index (χ0n) is 11.7. The largest absolute Gasteiger partial charge is 0.376 e. The highest BCUT2D eigenvalue weighted by Gasteiger charge is 2.39. The maximum absolute atomic E-state index is 6.43. The topological polar surface area (TPSA) is 12.0 Å². The summed E-state index contributed by atoms with van der Waals surface area (Å²) in [6.45, 7) is 0. The van der Waals surface area contributed by atoms with E-state index in [1.54, 1.807) is 6.07 Å². The zero-order valence-corrected chi connectivity index (χ0v) is 14.0. The Bertz CT molecular complexity index is 769. The Hall–Kier alpha value is -1.15. The molecule has 3 atom stereocenters. The second-order valence-corrected chi connectivity index (χ2v) is 7.10. The first-order valence-corrected chi connectivity index (χ1v) is 8.45. The Morgan fingerprint density at radius 1 is 0.955 bits per heavy atom. The first-order valence-electron chi connectivity index (χ1n) is 7.31. The molecule has 0 amide bonds. The van der Waals surface area contributed by atoms with E-state index in [0.717, 1.165) is 22.7 Å². The lowest BCUT2D eigenvalue weighted by molar-refractivity contribution is 0.426. The van der Waals surface area contributed by atoms with Gasteiger partial charge in [0.1, 0.15) is 0 Å². The van der Waals surface area contributed by atoms with Crippen molar-refractivity contribution in [2.75, 3.05) is 5.32 Å². The smallest absolute Gasteiger partial charge is 0.0655 e. The van der Waals surface area contributed by atoms with Crippen LogP contribution in [0.1, 0.15) is 29.5 Å². The number of anilines is 1. The van der Waals surface area contributed by atoms with Crippen molar-refractivity contribution in [1.29, 1.82) is 0 Å². The van der Waals surface area contributed by atoms with Crippen molar-refractivity contribution >= 4 is 40.5 Å². The van der Waals surface area contributed by atoms with Crippen molar-refractivity contribution < 1.29 is 0 Å². The number of rotatable bonds is 1. The fourth-order valence-electron chi connectivity index (χ4n) is 3.66. The van der Waals surface area contributed by atoms with Crippen LogP contribution in [0, 0.1) is 5.92 Å². The molecule has 1 N–H and O–H groups in total. The molecule has 22 heavy (non-hydrogen) atoms. The highest BCUT2D eigenvalue weighted by atomic mass is 35.5. The number of hydrogen-bond acceptors (Lipinski definition) is 1. The fraction of sp³-hybridized carbons (Fsp3) is 0.222. The number of nitrogens with one attached hydrogen (secondary N) is 1. The summed E-state index contributed by atoms with van der Waals surface area (Å²) >= 11 is 19.0. The molecule has 1 nitrogen and oxygen atoms in total. The molecular formula is C18H14Cl3N. The van der Waals surface area contributed by atoms with Gasteiger partial charge in [0.2, 0.25) is 0 Å². The molecule has 0 bridgehead atoms. The third-order valence-electron chi connectivity index (χ3n) is 4.63. The summed E-state index contributed by atoms with van der Waals surface area (Å²) in [4.78, 5) is 0. The van der Waals surface area contributed by atoms with Crippen LogP contribution in [0.5, 0.6) is 0 Å². The van der Waals surface area contributed by atoms with Crippen LogP contribution >= 0.6 is 34.8 Å². The van der Waals surface area contributed by atoms with Gasteiger partial charge in [-0.3, -0.25) is 0 Å². The van der Waals surface area contributed by atoms with Crippen LogP contribution < -0.4 is 5.32 Å². The van der Waals surface area contributed by atoms with Crippen LogP contribution in [0.15, 0.2) is 48.6 Å². The second kappa shape index (κ2) is 5.49. The normalized spacial score (nSPS) is 25.5. The maximum atomic E-state index is 6.43. The van der Waals surface area contributed by atoms with Crippen molar-refractivity contribution in [3.8, 4) is 0 Å². The molecule has 112 valence electrons. The lowest BCUT2D eigenvalue weighted by Gasteiger charge is -2.38. The predicted octanol–water partition coefficient (Wildman–Crippen LogP) is 6.47. The molecule has 4 rings (SSSR count). The van der Waals surface area contributed by atoms with E-state index in [0.29, 0.717) is 21.9 Å². The minimum absolute atomic E-state index is 0.153. The fourth-order valence-corrected chi connectivity index (χ4v) is 4.47. The Morgan fingerprint density at radius 2 is 1.77 bits per heavy atom. The van der Waals surface area contributed by atoms with E-state index in [-0.39, 0.29) is 6.04 Å². The highest BCUT2D eigenvalue weighted by Crippen LogP contribution is 2.52. The first-order chi connectivity index (χ1) is 10.6. The molecule has 0 radical (unpaired) electrons. The van der Waals surface area contributed by atoms with E-state index >= 15 is 0 Å². The molecule has 1 aliphatic carbocycles. The van der Waals surface area contributed by atoms with Gasteiger partial charge in [-0.2, -0.15) is 0 Å². The number of fused-ring (bicyclic) bond motifs is 3. The lowest BCUT2D eigenvalue weighted by Crippen LogP contribution is -2.29. The summed E-state index contributed by atoms with van der Waals surface area (Å²) in [5.41, 5.74) is 3.28. The Labute approximate surface area is 144 Å². The first kappa shape index (κ1) is 14.4. The van der Waals surface area contributed by atoms with Crippen molar-refractivity contribution in [3.63, 3.8) is 0 Å². The van der Waals surface area contributed by atoms with Gasteiger partial charge in [-0.1, -0.05) is 65.2 Å². The van der Waals surface area contributed by atoms with Gasteiger partial charge in [-0.15, -0.1) is 0 Å². The highest BCUT2D eigenvalue weighted by molar-refractivity contribution is 6.36. The molecule has 1 aliphatic heterocycles. The van der Waals surface area contributed by atoms with Crippen LogP contribution in [-0.4, -0.2) is 0 Å². The molecule has 1 heterocycles. The summed E-state index contributed by atoms with van der Waals surface area (Å²) in [5.74, 6) is 0.760. The monoisotopic (exact) mass is 349 g/mol. The summed E-state index contributed by atoms with van der Waals surface area (Å²) in [6.07, 6.45) is 5.53. The minimum Gasteiger partial charge on any atom is -0.376 e. The summed E-state index contributed by atoms with van der Waals surface area (Å²) in [7, 11) is 0. The van der Waals surface area contributed by atoms with E-state index in [1.165, 1.54) is 5.56 Å². The third kappa shape index (κ3) is 2.23. The SMILES string of the molecule is Clc1cc(Cl)c2c(c1)C1C=CCC1C(c1ccccc1Cl)N2. The van der Waals surface area contributed by atoms with Crippen LogP contribution in [-0.2, 0) is 0 Å². The van der Waals surface area contributed by atoms with Crippen molar-refractivity contribution in [1.82, 2.24) is 0 Å². The van der Waals surface area contributed by atoms with E-state index < -0.39 is 0 Å². The Morgan fingerprint density at radius 3 is 2.59 bits per heavy atom. The van der Waals surface area contributed by atoms with Gasteiger partial charge in [0.05, 0.1) is 16.8 Å². The van der Waals surface area contributed by atoms with Crippen molar-refractivity contribution in [3.05, 3.63) is 74.7 Å². The average molecular weight is 351 g/mol. The molecule has 0 spiro atoms. The van der Waals surface area contributed by atoms with E-state index in [4.69, 9.17) is 34.8 Å². The molecule has 2 aromatic carbocycles. The van der Waals surface area contributed by atoms with Gasteiger partial charge in [-0.25, -0.2) is 0 Å². The molecule has 0 aromatic heterocycles. The van der Waals surface area contributed by atoms with Crippen LogP contribution in [0.25, 0.3) is 0 Å². The van der Waals surface area contributed by atoms with Gasteiger partial charge in [0.25, 0.3) is 0 Å². The second-order valence-electron chi connectivity index (χ2n) is 5.85. The van der Waals surface area contributed by atoms with Crippen molar-refractivity contribution in [2.24, 2.45) is 5.92 Å². The minimum atomic E-state index is 0.153. The van der Waals surface area contributed by atoms with Crippen LogP contribution in [0.3, 0.4) is 0 Å². The molecule has 0 fully saturated rings. The average Bonchev–Trinajstić information content (AvgIpc) is 2.97. The molecule has 3 unspecified atom stereocenters. The van der Waals surface area contributed by atoms with Crippen LogP contribution in [0.2, 0.25) is 15.1 Å². The standard InChI is InChI=1S/C18H14Cl3N/c19-10-8-14-11-5-3-6-12(11)17(22-18(14)16(21)9-10)13-4-1-2-7-15(13)20/h1-5,7-9,11-12,17,22H,6H2. The van der Waals surface area contributed by atoms with E-state index in [2.05, 4.69) is 23.5 Å². The molecule has 0 saturated carbocycles. The van der Waals surface area contributed by atoms with Gasteiger partial charge >= 0.3 is 0 Å². The number of hydrogen-bond donors (Lipinski definition) is 1. The maximum Gasteiger partial charge on any atom is 0.0655 e. The van der Waals surface area contributed by atoms with Crippen molar-refractivity contribution in [2.45, 2.75) is 18.4 Å². The van der Waals surface area contributed by atoms with Crippen LogP contribution in [0.4, 0.5) is 5.69 Å². The van der Waals surface area contributed by atoms with Gasteiger partial charge in [0, 0.05) is 16.0 Å². The molecule has 0 saturated heterocycles. The zero-order chi connectivity index (χ0) is 15.3. The van der Waals surface area contributed by atoms with Gasteiger partial charge < -0.3 is 5.32 Å². The number of allylic oxidation sites excluding steroid dienone is 2. The predicted molar refractivity (Wildman–Crippen MR) is 94.3 cm³/mol. The molecular weight excluding hydrogens is 337 g/mol. The summed E-state index contributed by atoms with van der Waals surface area (Å²) in [5, 5.41) is 5.74. The Balaban J connectivity index is 1.86. The van der Waals surface area contributed by atoms with Gasteiger partial charge in [-0.05, 0) is 41.7 Å². The number of benzene rings is 2. The summed E-state index contributed by atoms with van der Waals surface area (Å²) in [6, 6.07) is 12.0. The molecule has 2 aliphatic rings. The quantitative estimate of drug-likeness (QED) is 0.581. The van der Waals surface area contributed by atoms with E-state index in [1.807, 2.05) is 24.3 Å². The number of halogens is 3. The lowest BCUT2D eigenvalue weighted by atomic mass is 9.77. The Kier molecular flexibility index (Phi) is 3.60. The molecule has 2 aromatic rings.